The van der Waals surface area contributed by atoms with Gasteiger partial charge in [-0.15, -0.1) is 0 Å². The lowest BCUT2D eigenvalue weighted by molar-refractivity contribution is 0.426. The Bertz CT molecular complexity index is 1340. The van der Waals surface area contributed by atoms with Gasteiger partial charge < -0.3 is 10.0 Å². The van der Waals surface area contributed by atoms with E-state index in [9.17, 15) is 10.0 Å². The summed E-state index contributed by atoms with van der Waals surface area (Å²) in [7, 11) is -1.51. The summed E-state index contributed by atoms with van der Waals surface area (Å²) in [4.78, 5) is 14.0. The number of hydrogen-bond donors (Lipinski definition) is 2. The molecule has 0 aliphatic rings. The van der Waals surface area contributed by atoms with Crippen molar-refractivity contribution in [3.8, 4) is 45.0 Å². The number of pyridine rings is 1. The molecule has 0 unspecified atom stereocenters. The highest BCUT2D eigenvalue weighted by Gasteiger charge is 2.13. The highest BCUT2D eigenvalue weighted by molar-refractivity contribution is 6.58. The van der Waals surface area contributed by atoms with Crippen molar-refractivity contribution in [1.82, 2.24) is 15.0 Å². The molecule has 158 valence electrons. The van der Waals surface area contributed by atoms with E-state index in [0.717, 1.165) is 39.2 Å². The topological polar surface area (TPSA) is 79.1 Å². The highest BCUT2D eigenvalue weighted by Crippen LogP contribution is 2.29. The summed E-state index contributed by atoms with van der Waals surface area (Å²) < 4.78 is 0. The minimum Gasteiger partial charge on any atom is -0.423 e. The van der Waals surface area contributed by atoms with E-state index in [-0.39, 0.29) is 0 Å². The molecule has 2 heterocycles. The maximum Gasteiger partial charge on any atom is 0.488 e. The molecule has 0 bridgehead atoms. The summed E-state index contributed by atoms with van der Waals surface area (Å²) in [5.74, 6) is 0.607. The van der Waals surface area contributed by atoms with Gasteiger partial charge in [0.2, 0.25) is 0 Å². The highest BCUT2D eigenvalue weighted by atomic mass is 16.4. The summed E-state index contributed by atoms with van der Waals surface area (Å²) in [6.45, 7) is 0. The first-order chi connectivity index (χ1) is 16.2. The Morgan fingerprint density at radius 3 is 1.91 bits per heavy atom. The van der Waals surface area contributed by atoms with E-state index in [2.05, 4.69) is 4.98 Å². The maximum atomic E-state index is 9.54. The fourth-order valence-corrected chi connectivity index (χ4v) is 3.71. The molecule has 0 atom stereocenters. The molecule has 33 heavy (non-hydrogen) atoms. The number of benzene rings is 3. The van der Waals surface area contributed by atoms with Crippen molar-refractivity contribution >= 4 is 12.6 Å². The van der Waals surface area contributed by atoms with Gasteiger partial charge in [-0.2, -0.15) is 0 Å². The minimum absolute atomic E-state index is 0.444. The van der Waals surface area contributed by atoms with E-state index >= 15 is 0 Å². The van der Waals surface area contributed by atoms with Crippen LogP contribution in [0.5, 0.6) is 0 Å². The average molecular weight is 429 g/mol. The molecular weight excluding hydrogens is 409 g/mol. The number of hydrogen-bond acceptors (Lipinski definition) is 5. The van der Waals surface area contributed by atoms with Gasteiger partial charge in [-0.1, -0.05) is 72.8 Å². The van der Waals surface area contributed by atoms with Gasteiger partial charge in [0.25, 0.3) is 0 Å². The molecule has 6 heteroatoms. The van der Waals surface area contributed by atoms with Gasteiger partial charge in [0.15, 0.2) is 5.82 Å². The average Bonchev–Trinajstić information content (AvgIpc) is 2.89. The number of aromatic nitrogens is 3. The molecule has 0 spiro atoms. The van der Waals surface area contributed by atoms with Gasteiger partial charge in [0.05, 0.1) is 11.4 Å². The Morgan fingerprint density at radius 1 is 0.545 bits per heavy atom. The smallest absolute Gasteiger partial charge is 0.423 e. The van der Waals surface area contributed by atoms with E-state index in [4.69, 9.17) is 9.97 Å². The summed E-state index contributed by atoms with van der Waals surface area (Å²) in [5, 5.41) is 19.1. The molecule has 5 rings (SSSR count). The second-order valence-electron chi connectivity index (χ2n) is 7.65. The zero-order chi connectivity index (χ0) is 22.6. The second kappa shape index (κ2) is 9.16. The van der Waals surface area contributed by atoms with Crippen LogP contribution in [0.1, 0.15) is 0 Å². The molecule has 0 amide bonds. The predicted octanol–water partition coefficient (Wildman–Crippen LogP) is 4.22. The fraction of sp³-hybridized carbons (Fsp3) is 0. The Labute approximate surface area is 192 Å². The summed E-state index contributed by atoms with van der Waals surface area (Å²) >= 11 is 0. The van der Waals surface area contributed by atoms with Crippen LogP contribution >= 0.6 is 0 Å². The van der Waals surface area contributed by atoms with Crippen LogP contribution in [0.4, 0.5) is 0 Å². The largest absolute Gasteiger partial charge is 0.488 e. The van der Waals surface area contributed by atoms with Crippen LogP contribution in [0.3, 0.4) is 0 Å². The maximum absolute atomic E-state index is 9.54. The van der Waals surface area contributed by atoms with Crippen LogP contribution in [0.25, 0.3) is 45.0 Å². The zero-order valence-corrected chi connectivity index (χ0v) is 17.7. The Morgan fingerprint density at radius 2 is 1.18 bits per heavy atom. The molecule has 2 aromatic heterocycles. The van der Waals surface area contributed by atoms with Crippen molar-refractivity contribution in [2.45, 2.75) is 0 Å². The molecular formula is C27H20BN3O2. The van der Waals surface area contributed by atoms with Crippen molar-refractivity contribution in [2.24, 2.45) is 0 Å². The van der Waals surface area contributed by atoms with Crippen molar-refractivity contribution in [3.63, 3.8) is 0 Å². The Hall–Kier alpha value is -4.13. The zero-order valence-electron chi connectivity index (χ0n) is 17.7. The molecule has 3 aromatic carbocycles. The Kier molecular flexibility index (Phi) is 5.76. The number of nitrogens with zero attached hydrogens (tertiary/aromatic N) is 3. The van der Waals surface area contributed by atoms with Crippen LogP contribution < -0.4 is 5.46 Å². The van der Waals surface area contributed by atoms with Crippen molar-refractivity contribution in [3.05, 3.63) is 109 Å². The normalized spacial score (nSPS) is 10.7. The van der Waals surface area contributed by atoms with Gasteiger partial charge in [0.1, 0.15) is 0 Å². The van der Waals surface area contributed by atoms with Crippen molar-refractivity contribution in [1.29, 1.82) is 0 Å². The second-order valence-corrected chi connectivity index (χ2v) is 7.65. The third-order valence-corrected chi connectivity index (χ3v) is 5.39. The fourth-order valence-electron chi connectivity index (χ4n) is 3.71. The lowest BCUT2D eigenvalue weighted by Gasteiger charge is -2.11. The lowest BCUT2D eigenvalue weighted by atomic mass is 9.79. The van der Waals surface area contributed by atoms with Gasteiger partial charge >= 0.3 is 7.12 Å². The first kappa shape index (κ1) is 20.8. The van der Waals surface area contributed by atoms with Crippen molar-refractivity contribution < 1.29 is 10.0 Å². The van der Waals surface area contributed by atoms with Gasteiger partial charge in [-0.3, -0.25) is 4.98 Å². The molecule has 2 N–H and O–H groups in total. The van der Waals surface area contributed by atoms with E-state index in [1.54, 1.807) is 24.5 Å². The van der Waals surface area contributed by atoms with Crippen LogP contribution in [0.15, 0.2) is 109 Å². The van der Waals surface area contributed by atoms with Crippen LogP contribution in [0.2, 0.25) is 0 Å². The van der Waals surface area contributed by atoms with E-state index in [1.165, 1.54) is 0 Å². The predicted molar refractivity (Wildman–Crippen MR) is 131 cm³/mol. The molecule has 0 radical (unpaired) electrons. The van der Waals surface area contributed by atoms with E-state index in [0.29, 0.717) is 11.3 Å². The van der Waals surface area contributed by atoms with Crippen LogP contribution in [0, 0.1) is 0 Å². The molecule has 0 fully saturated rings. The summed E-state index contributed by atoms with van der Waals surface area (Å²) in [6.07, 6.45) is 3.54. The van der Waals surface area contributed by atoms with E-state index in [1.807, 2.05) is 84.9 Å². The SMILES string of the molecule is OB(O)c1cccc(-c2cccc(-c3nc(-c4ccccc4)cc(-c4cccnc4)n3)c2)c1. The monoisotopic (exact) mass is 429 g/mol. The lowest BCUT2D eigenvalue weighted by Crippen LogP contribution is -2.29. The first-order valence-corrected chi connectivity index (χ1v) is 10.6. The van der Waals surface area contributed by atoms with Crippen LogP contribution in [-0.2, 0) is 0 Å². The van der Waals surface area contributed by atoms with Gasteiger partial charge in [-0.05, 0) is 40.9 Å². The molecule has 5 aromatic rings. The number of rotatable bonds is 5. The van der Waals surface area contributed by atoms with Crippen LogP contribution in [-0.4, -0.2) is 32.1 Å². The van der Waals surface area contributed by atoms with Crippen molar-refractivity contribution in [2.75, 3.05) is 0 Å². The van der Waals surface area contributed by atoms with Gasteiger partial charge in [0, 0.05) is 29.1 Å². The van der Waals surface area contributed by atoms with Gasteiger partial charge in [-0.25, -0.2) is 9.97 Å². The molecule has 0 saturated carbocycles. The molecule has 0 saturated heterocycles. The quantitative estimate of drug-likeness (QED) is 0.409. The summed E-state index contributed by atoms with van der Waals surface area (Å²) in [5.41, 5.74) is 6.68. The van der Waals surface area contributed by atoms with E-state index < -0.39 is 7.12 Å². The minimum atomic E-state index is -1.51. The third kappa shape index (κ3) is 4.57. The first-order valence-electron chi connectivity index (χ1n) is 10.6. The standard InChI is InChI=1S/C27H20BN3O2/c32-28(33)24-13-5-10-21(16-24)20-9-4-11-22(15-20)27-30-25(19-7-2-1-3-8-19)17-26(31-27)23-12-6-14-29-18-23/h1-18,32-33H. The summed E-state index contributed by atoms with van der Waals surface area (Å²) in [6, 6.07) is 31.0. The molecule has 0 aliphatic heterocycles. The molecule has 5 nitrogen and oxygen atoms in total. The third-order valence-electron chi connectivity index (χ3n) is 5.39. The Balaban J connectivity index is 1.63. The molecule has 0 aliphatic carbocycles.